The lowest BCUT2D eigenvalue weighted by molar-refractivity contribution is 0.0527. The van der Waals surface area contributed by atoms with Crippen molar-refractivity contribution >= 4 is 33.9 Å². The van der Waals surface area contributed by atoms with Crippen molar-refractivity contribution in [3.05, 3.63) is 54.2 Å². The Kier molecular flexibility index (Phi) is 7.12. The molecule has 0 spiro atoms. The number of rotatable bonds is 9. The van der Waals surface area contributed by atoms with Gasteiger partial charge in [0.1, 0.15) is 11.3 Å². The van der Waals surface area contributed by atoms with E-state index in [1.807, 2.05) is 37.3 Å². The quantitative estimate of drug-likeness (QED) is 0.479. The van der Waals surface area contributed by atoms with Crippen LogP contribution in [0.25, 0.3) is 10.9 Å². The average molecular weight is 408 g/mol. The molecule has 3 aromatic rings. The Bertz CT molecular complexity index is 998. The van der Waals surface area contributed by atoms with Crippen molar-refractivity contribution in [2.24, 2.45) is 0 Å². The van der Waals surface area contributed by atoms with Crippen LogP contribution in [0.4, 0.5) is 17.1 Å². The highest BCUT2D eigenvalue weighted by molar-refractivity contribution is 6.06. The van der Waals surface area contributed by atoms with Crippen LogP contribution in [0.2, 0.25) is 0 Å². The van der Waals surface area contributed by atoms with Crippen molar-refractivity contribution in [1.29, 1.82) is 0 Å². The first-order valence-electron chi connectivity index (χ1n) is 10.5. The minimum atomic E-state index is -0.407. The molecule has 158 valence electrons. The second kappa shape index (κ2) is 9.96. The number of benzene rings is 2. The number of anilines is 3. The summed E-state index contributed by atoms with van der Waals surface area (Å²) in [5.74, 6) is 0.323. The maximum Gasteiger partial charge on any atom is 0.341 e. The number of esters is 1. The zero-order chi connectivity index (χ0) is 21.5. The van der Waals surface area contributed by atoms with Crippen LogP contribution in [0.5, 0.6) is 5.75 Å². The van der Waals surface area contributed by atoms with Crippen LogP contribution in [-0.2, 0) is 4.74 Å². The standard InChI is InChI=1S/C24H29N3O3/c1-5-27(6-2)18-11-9-17(10-12-18)26-23-20-15-19(29-7-3)13-14-22(20)25-16-21(23)24(28)30-8-4/h9-16H,5-8H2,1-4H3,(H,25,26). The average Bonchev–Trinajstić information content (AvgIpc) is 2.76. The van der Waals surface area contributed by atoms with Gasteiger partial charge in [0, 0.05) is 36.0 Å². The summed E-state index contributed by atoms with van der Waals surface area (Å²) >= 11 is 0. The summed E-state index contributed by atoms with van der Waals surface area (Å²) in [7, 11) is 0. The number of nitrogens with zero attached hydrogens (tertiary/aromatic N) is 2. The third-order valence-electron chi connectivity index (χ3n) is 4.91. The van der Waals surface area contributed by atoms with E-state index in [0.717, 1.165) is 41.1 Å². The van der Waals surface area contributed by atoms with E-state index in [1.165, 1.54) is 0 Å². The van der Waals surface area contributed by atoms with Crippen molar-refractivity contribution in [3.8, 4) is 5.75 Å². The van der Waals surface area contributed by atoms with E-state index < -0.39 is 5.97 Å². The van der Waals surface area contributed by atoms with Crippen LogP contribution in [0, 0.1) is 0 Å². The number of carbonyl (C=O) groups excluding carboxylic acids is 1. The van der Waals surface area contributed by atoms with E-state index in [1.54, 1.807) is 13.1 Å². The van der Waals surface area contributed by atoms with Gasteiger partial charge < -0.3 is 19.7 Å². The first kappa shape index (κ1) is 21.4. The Morgan fingerprint density at radius 1 is 1.00 bits per heavy atom. The Hall–Kier alpha value is -3.28. The lowest BCUT2D eigenvalue weighted by Crippen LogP contribution is -2.21. The normalized spacial score (nSPS) is 10.7. The van der Waals surface area contributed by atoms with Crippen molar-refractivity contribution < 1.29 is 14.3 Å². The van der Waals surface area contributed by atoms with E-state index in [4.69, 9.17) is 9.47 Å². The molecule has 0 radical (unpaired) electrons. The minimum Gasteiger partial charge on any atom is -0.494 e. The first-order valence-corrected chi connectivity index (χ1v) is 10.5. The van der Waals surface area contributed by atoms with Gasteiger partial charge in [-0.3, -0.25) is 4.98 Å². The number of fused-ring (bicyclic) bond motifs is 1. The highest BCUT2D eigenvalue weighted by Gasteiger charge is 2.18. The molecule has 3 rings (SSSR count). The molecule has 0 fully saturated rings. The van der Waals surface area contributed by atoms with Gasteiger partial charge in [-0.2, -0.15) is 0 Å². The second-order valence-electron chi connectivity index (χ2n) is 6.72. The summed E-state index contributed by atoms with van der Waals surface area (Å²) in [6.45, 7) is 10.8. The van der Waals surface area contributed by atoms with Crippen LogP contribution < -0.4 is 15.0 Å². The maximum absolute atomic E-state index is 12.6. The monoisotopic (exact) mass is 407 g/mol. The lowest BCUT2D eigenvalue weighted by atomic mass is 10.1. The zero-order valence-electron chi connectivity index (χ0n) is 18.1. The summed E-state index contributed by atoms with van der Waals surface area (Å²) < 4.78 is 10.9. The number of aromatic nitrogens is 1. The summed E-state index contributed by atoms with van der Waals surface area (Å²) in [4.78, 5) is 19.3. The van der Waals surface area contributed by atoms with Crippen LogP contribution in [-0.4, -0.2) is 37.3 Å². The largest absolute Gasteiger partial charge is 0.494 e. The van der Waals surface area contributed by atoms with E-state index in [9.17, 15) is 4.79 Å². The molecule has 1 heterocycles. The molecular formula is C24H29N3O3. The molecule has 6 nitrogen and oxygen atoms in total. The SMILES string of the molecule is CCOC(=O)c1cnc2ccc(OCC)cc2c1Nc1ccc(N(CC)CC)cc1. The van der Waals surface area contributed by atoms with Gasteiger partial charge in [-0.15, -0.1) is 0 Å². The molecule has 2 aromatic carbocycles. The number of hydrogen-bond donors (Lipinski definition) is 1. The molecule has 0 saturated carbocycles. The fraction of sp³-hybridized carbons (Fsp3) is 0.333. The van der Waals surface area contributed by atoms with Crippen molar-refractivity contribution in [2.45, 2.75) is 27.7 Å². The summed E-state index contributed by atoms with van der Waals surface area (Å²) in [5.41, 5.74) is 3.87. The molecule has 0 amide bonds. The topological polar surface area (TPSA) is 63.7 Å². The summed E-state index contributed by atoms with van der Waals surface area (Å²) in [6, 6.07) is 13.9. The smallest absolute Gasteiger partial charge is 0.341 e. The number of hydrogen-bond acceptors (Lipinski definition) is 6. The zero-order valence-corrected chi connectivity index (χ0v) is 18.1. The third-order valence-corrected chi connectivity index (χ3v) is 4.91. The van der Waals surface area contributed by atoms with Crippen molar-refractivity contribution in [3.63, 3.8) is 0 Å². The fourth-order valence-electron chi connectivity index (χ4n) is 3.42. The van der Waals surface area contributed by atoms with Gasteiger partial charge in [0.25, 0.3) is 0 Å². The van der Waals surface area contributed by atoms with Crippen molar-refractivity contribution in [2.75, 3.05) is 36.5 Å². The molecule has 1 N–H and O–H groups in total. The molecule has 0 aliphatic rings. The third kappa shape index (κ3) is 4.64. The highest BCUT2D eigenvalue weighted by atomic mass is 16.5. The fourth-order valence-corrected chi connectivity index (χ4v) is 3.42. The summed E-state index contributed by atoms with van der Waals surface area (Å²) in [6.07, 6.45) is 1.56. The maximum atomic E-state index is 12.6. The van der Waals surface area contributed by atoms with Crippen LogP contribution in [0.3, 0.4) is 0 Å². The summed E-state index contributed by atoms with van der Waals surface area (Å²) in [5, 5.41) is 4.22. The molecule has 1 aromatic heterocycles. The lowest BCUT2D eigenvalue weighted by Gasteiger charge is -2.21. The van der Waals surface area contributed by atoms with E-state index in [0.29, 0.717) is 24.5 Å². The van der Waals surface area contributed by atoms with Gasteiger partial charge in [0.05, 0.1) is 24.4 Å². The Balaban J connectivity index is 2.05. The Morgan fingerprint density at radius 3 is 2.37 bits per heavy atom. The number of ether oxygens (including phenoxy) is 2. The van der Waals surface area contributed by atoms with Crippen molar-refractivity contribution in [1.82, 2.24) is 4.98 Å². The number of pyridine rings is 1. The second-order valence-corrected chi connectivity index (χ2v) is 6.72. The predicted octanol–water partition coefficient (Wildman–Crippen LogP) is 5.40. The van der Waals surface area contributed by atoms with Gasteiger partial charge in [-0.25, -0.2) is 4.79 Å². The first-order chi connectivity index (χ1) is 14.6. The molecule has 0 unspecified atom stereocenters. The van der Waals surface area contributed by atoms with Crippen LogP contribution >= 0.6 is 0 Å². The number of nitrogens with one attached hydrogen (secondary N) is 1. The molecule has 30 heavy (non-hydrogen) atoms. The van der Waals surface area contributed by atoms with Crippen LogP contribution in [0.1, 0.15) is 38.1 Å². The van der Waals surface area contributed by atoms with Crippen LogP contribution in [0.15, 0.2) is 48.7 Å². The molecule has 0 saturated heterocycles. The molecule has 0 bridgehead atoms. The Morgan fingerprint density at radius 2 is 1.73 bits per heavy atom. The van der Waals surface area contributed by atoms with E-state index in [-0.39, 0.29) is 0 Å². The molecule has 0 aliphatic carbocycles. The molecular weight excluding hydrogens is 378 g/mol. The van der Waals surface area contributed by atoms with E-state index >= 15 is 0 Å². The van der Waals surface area contributed by atoms with Gasteiger partial charge in [-0.1, -0.05) is 0 Å². The van der Waals surface area contributed by atoms with Gasteiger partial charge in [-0.05, 0) is 70.2 Å². The molecule has 0 atom stereocenters. The molecule has 6 heteroatoms. The van der Waals surface area contributed by atoms with E-state index in [2.05, 4.69) is 41.2 Å². The van der Waals surface area contributed by atoms with Gasteiger partial charge >= 0.3 is 5.97 Å². The molecule has 0 aliphatic heterocycles. The predicted molar refractivity (Wildman–Crippen MR) is 122 cm³/mol. The van der Waals surface area contributed by atoms with Gasteiger partial charge in [0.15, 0.2) is 0 Å². The minimum absolute atomic E-state index is 0.299. The van der Waals surface area contributed by atoms with Gasteiger partial charge in [0.2, 0.25) is 0 Å². The number of carbonyl (C=O) groups is 1. The highest BCUT2D eigenvalue weighted by Crippen LogP contribution is 2.32. The Labute approximate surface area is 177 Å².